The largest absolute Gasteiger partial charge is 0.369 e. The van der Waals surface area contributed by atoms with E-state index in [-0.39, 0.29) is 5.91 Å². The summed E-state index contributed by atoms with van der Waals surface area (Å²) in [5.41, 5.74) is 14.0. The highest BCUT2D eigenvalue weighted by molar-refractivity contribution is 5.95. The molecule has 1 aromatic rings. The fourth-order valence-electron chi connectivity index (χ4n) is 3.24. The number of hydrogen-bond acceptors (Lipinski definition) is 2. The molecule has 0 saturated heterocycles. The van der Waals surface area contributed by atoms with Crippen molar-refractivity contribution in [1.29, 1.82) is 0 Å². The van der Waals surface area contributed by atoms with Crippen LogP contribution in [0.25, 0.3) is 5.57 Å². The Balaban J connectivity index is 1.89. The number of rotatable bonds is 5. The van der Waals surface area contributed by atoms with E-state index < -0.39 is 11.3 Å². The second-order valence-electron chi connectivity index (χ2n) is 6.76. The Hall–Kier alpha value is -2.36. The van der Waals surface area contributed by atoms with Crippen molar-refractivity contribution in [2.24, 2.45) is 22.8 Å². The van der Waals surface area contributed by atoms with E-state index in [1.165, 1.54) is 12.8 Å². The molecule has 0 radical (unpaired) electrons. The van der Waals surface area contributed by atoms with Crippen molar-refractivity contribution in [3.05, 3.63) is 53.1 Å². The molecule has 120 valence electrons. The molecule has 0 heterocycles. The molecule has 1 saturated carbocycles. The lowest BCUT2D eigenvalue weighted by molar-refractivity contribution is -0.125. The lowest BCUT2D eigenvalue weighted by atomic mass is 9.74. The lowest BCUT2D eigenvalue weighted by Gasteiger charge is -2.29. The average molecular weight is 310 g/mol. The molecule has 3 rings (SSSR count). The van der Waals surface area contributed by atoms with Crippen LogP contribution in [-0.2, 0) is 4.79 Å². The number of carbonyl (C=O) groups excluding carboxylic acids is 2. The van der Waals surface area contributed by atoms with E-state index in [0.29, 0.717) is 17.9 Å². The van der Waals surface area contributed by atoms with Crippen LogP contribution in [-0.4, -0.2) is 11.8 Å². The van der Waals surface area contributed by atoms with E-state index in [1.807, 2.05) is 31.2 Å². The van der Waals surface area contributed by atoms with Gasteiger partial charge in [0, 0.05) is 5.56 Å². The van der Waals surface area contributed by atoms with Gasteiger partial charge in [0.15, 0.2) is 0 Å². The highest BCUT2D eigenvalue weighted by Gasteiger charge is 2.40. The summed E-state index contributed by atoms with van der Waals surface area (Å²) in [6.45, 7) is 1.99. The van der Waals surface area contributed by atoms with Crippen LogP contribution in [0.5, 0.6) is 0 Å². The Morgan fingerprint density at radius 1 is 1.26 bits per heavy atom. The summed E-state index contributed by atoms with van der Waals surface area (Å²) in [5, 5.41) is 0. The van der Waals surface area contributed by atoms with E-state index >= 15 is 0 Å². The molecule has 4 N–H and O–H groups in total. The van der Waals surface area contributed by atoms with Crippen LogP contribution in [0.3, 0.4) is 0 Å². The van der Waals surface area contributed by atoms with E-state index in [0.717, 1.165) is 23.1 Å². The van der Waals surface area contributed by atoms with E-state index in [9.17, 15) is 9.59 Å². The Bertz CT molecular complexity index is 729. The number of hydrogen-bond donors (Lipinski definition) is 2. The van der Waals surface area contributed by atoms with Gasteiger partial charge in [-0.3, -0.25) is 9.59 Å². The number of benzene rings is 1. The first-order chi connectivity index (χ1) is 10.9. The maximum atomic E-state index is 12.0. The zero-order valence-corrected chi connectivity index (χ0v) is 13.3. The van der Waals surface area contributed by atoms with Gasteiger partial charge in [0.1, 0.15) is 0 Å². The molecular weight excluding hydrogens is 288 g/mol. The molecule has 0 aromatic heterocycles. The third-order valence-electron chi connectivity index (χ3n) is 4.94. The third kappa shape index (κ3) is 3.07. The van der Waals surface area contributed by atoms with Crippen LogP contribution in [0.4, 0.5) is 0 Å². The van der Waals surface area contributed by atoms with E-state index in [2.05, 4.69) is 6.08 Å². The van der Waals surface area contributed by atoms with Crippen LogP contribution in [0.15, 0.2) is 36.4 Å². The molecule has 0 bridgehead atoms. The second-order valence-corrected chi connectivity index (χ2v) is 6.76. The van der Waals surface area contributed by atoms with Gasteiger partial charge in [-0.15, -0.1) is 0 Å². The first-order valence-electron chi connectivity index (χ1n) is 8.01. The minimum Gasteiger partial charge on any atom is -0.369 e. The van der Waals surface area contributed by atoms with E-state index in [1.54, 1.807) is 6.07 Å². The minimum absolute atomic E-state index is 0.251. The highest BCUT2D eigenvalue weighted by Crippen LogP contribution is 2.45. The van der Waals surface area contributed by atoms with Gasteiger partial charge < -0.3 is 11.5 Å². The molecule has 0 aliphatic heterocycles. The van der Waals surface area contributed by atoms with Gasteiger partial charge in [-0.2, -0.15) is 0 Å². The number of allylic oxidation sites excluding steroid dienone is 3. The van der Waals surface area contributed by atoms with Crippen LogP contribution in [0.2, 0.25) is 0 Å². The Morgan fingerprint density at radius 2 is 2.00 bits per heavy atom. The molecule has 2 aliphatic carbocycles. The summed E-state index contributed by atoms with van der Waals surface area (Å²) < 4.78 is 0. The molecule has 2 aliphatic rings. The zero-order valence-electron chi connectivity index (χ0n) is 13.3. The molecule has 4 heteroatoms. The maximum absolute atomic E-state index is 12.0. The van der Waals surface area contributed by atoms with Crippen LogP contribution in [0.1, 0.15) is 47.2 Å². The summed E-state index contributed by atoms with van der Waals surface area (Å²) in [6.07, 6.45) is 9.82. The minimum atomic E-state index is -0.556. The van der Waals surface area contributed by atoms with Crippen molar-refractivity contribution in [3.8, 4) is 0 Å². The summed E-state index contributed by atoms with van der Waals surface area (Å²) >= 11 is 0. The first-order valence-corrected chi connectivity index (χ1v) is 8.01. The van der Waals surface area contributed by atoms with E-state index in [4.69, 9.17) is 11.5 Å². The van der Waals surface area contributed by atoms with Gasteiger partial charge >= 0.3 is 0 Å². The lowest BCUT2D eigenvalue weighted by Crippen LogP contribution is -2.36. The molecule has 1 atom stereocenters. The topological polar surface area (TPSA) is 86.2 Å². The van der Waals surface area contributed by atoms with Crippen LogP contribution in [0, 0.1) is 18.3 Å². The van der Waals surface area contributed by atoms with Crippen LogP contribution < -0.4 is 11.5 Å². The maximum Gasteiger partial charge on any atom is 0.248 e. The number of nitrogens with two attached hydrogens (primary N) is 2. The fraction of sp³-hybridized carbons (Fsp3) is 0.368. The fourth-order valence-corrected chi connectivity index (χ4v) is 3.24. The Kier molecular flexibility index (Phi) is 3.84. The zero-order chi connectivity index (χ0) is 16.6. The SMILES string of the molecule is Cc1ccc(C(N)=O)cc1C1=CCC(CC2CC2)(C(N)=O)C=C1. The normalized spacial score (nSPS) is 23.4. The predicted octanol–water partition coefficient (Wildman–Crippen LogP) is 2.71. The summed E-state index contributed by atoms with van der Waals surface area (Å²) in [6, 6.07) is 5.44. The number of carbonyl (C=O) groups is 2. The van der Waals surface area contributed by atoms with Gasteiger partial charge in [0.05, 0.1) is 5.41 Å². The monoisotopic (exact) mass is 310 g/mol. The van der Waals surface area contributed by atoms with Crippen molar-refractivity contribution in [1.82, 2.24) is 0 Å². The quantitative estimate of drug-likeness (QED) is 0.876. The molecule has 2 amide bonds. The Morgan fingerprint density at radius 3 is 2.52 bits per heavy atom. The molecule has 4 nitrogen and oxygen atoms in total. The Labute approximate surface area is 136 Å². The summed E-state index contributed by atoms with van der Waals surface area (Å²) in [7, 11) is 0. The number of aryl methyl sites for hydroxylation is 1. The molecule has 1 fully saturated rings. The van der Waals surface area contributed by atoms with Crippen LogP contribution >= 0.6 is 0 Å². The van der Waals surface area contributed by atoms with Crippen molar-refractivity contribution in [2.45, 2.75) is 32.6 Å². The van der Waals surface area contributed by atoms with Crippen molar-refractivity contribution in [3.63, 3.8) is 0 Å². The summed E-state index contributed by atoms with van der Waals surface area (Å²) in [4.78, 5) is 23.4. The van der Waals surface area contributed by atoms with Gasteiger partial charge in [0.2, 0.25) is 11.8 Å². The molecular formula is C19H22N2O2. The standard InChI is InChI=1S/C19H22N2O2/c1-12-2-5-15(17(20)22)10-16(12)14-6-8-19(9-7-14,18(21)23)11-13-3-4-13/h2,5-8,10,13H,3-4,9,11H2,1H3,(H2,20,22)(H2,21,23). The highest BCUT2D eigenvalue weighted by atomic mass is 16.1. The predicted molar refractivity (Wildman–Crippen MR) is 90.4 cm³/mol. The number of amides is 2. The average Bonchev–Trinajstić information content (AvgIpc) is 3.32. The van der Waals surface area contributed by atoms with Crippen molar-refractivity contribution >= 4 is 17.4 Å². The molecule has 1 unspecified atom stereocenters. The van der Waals surface area contributed by atoms with Crippen molar-refractivity contribution < 1.29 is 9.59 Å². The third-order valence-corrected chi connectivity index (χ3v) is 4.94. The summed E-state index contributed by atoms with van der Waals surface area (Å²) in [5.74, 6) is -0.0626. The first kappa shape index (κ1) is 15.5. The smallest absolute Gasteiger partial charge is 0.248 e. The van der Waals surface area contributed by atoms with Crippen molar-refractivity contribution in [2.75, 3.05) is 0 Å². The molecule has 1 aromatic carbocycles. The van der Waals surface area contributed by atoms with Gasteiger partial charge in [0.25, 0.3) is 0 Å². The van der Waals surface area contributed by atoms with Gasteiger partial charge in [-0.05, 0) is 54.5 Å². The molecule has 23 heavy (non-hydrogen) atoms. The molecule has 0 spiro atoms. The number of primary amides is 2. The van der Waals surface area contributed by atoms with Gasteiger partial charge in [-0.25, -0.2) is 0 Å². The second kappa shape index (κ2) is 5.69. The van der Waals surface area contributed by atoms with Gasteiger partial charge in [-0.1, -0.05) is 37.1 Å².